The van der Waals surface area contributed by atoms with E-state index in [2.05, 4.69) is 15.9 Å². The zero-order valence-electron chi connectivity index (χ0n) is 6.24. The summed E-state index contributed by atoms with van der Waals surface area (Å²) in [7, 11) is 0. The summed E-state index contributed by atoms with van der Waals surface area (Å²) in [5, 5.41) is 1.68. The van der Waals surface area contributed by atoms with Gasteiger partial charge in [0.2, 0.25) is 0 Å². The molecule has 0 bridgehead atoms. The van der Waals surface area contributed by atoms with Crippen molar-refractivity contribution >= 4 is 50.7 Å². The van der Waals surface area contributed by atoms with Gasteiger partial charge in [-0.3, -0.25) is 0 Å². The van der Waals surface area contributed by atoms with Gasteiger partial charge in [-0.05, 0) is 19.1 Å². The van der Waals surface area contributed by atoms with Crippen molar-refractivity contribution in [2.75, 3.05) is 0 Å². The van der Waals surface area contributed by atoms with Crippen molar-refractivity contribution in [2.45, 2.75) is 11.8 Å². The third kappa shape index (κ3) is 2.08. The Morgan fingerprint density at radius 1 is 1.17 bits per heavy atom. The lowest BCUT2D eigenvalue weighted by Crippen LogP contribution is -1.87. The maximum atomic E-state index is 5.95. The Morgan fingerprint density at radius 2 is 1.67 bits per heavy atom. The van der Waals surface area contributed by atoms with Crippen LogP contribution in [0.2, 0.25) is 15.1 Å². The van der Waals surface area contributed by atoms with E-state index >= 15 is 0 Å². The Hall–Kier alpha value is 0.570. The maximum Gasteiger partial charge on any atom is 0.0650 e. The number of rotatable bonds is 1. The molecular formula is C8H6BrCl3. The Morgan fingerprint density at radius 3 is 2.08 bits per heavy atom. The Kier molecular flexibility index (Phi) is 3.72. The third-order valence-corrected chi connectivity index (χ3v) is 3.08. The van der Waals surface area contributed by atoms with Gasteiger partial charge >= 0.3 is 0 Å². The molecule has 0 aromatic heterocycles. The molecular weight excluding hydrogens is 282 g/mol. The Labute approximate surface area is 94.9 Å². The highest BCUT2D eigenvalue weighted by Gasteiger charge is 2.13. The molecule has 0 saturated heterocycles. The highest BCUT2D eigenvalue weighted by atomic mass is 79.9. The second-order valence-electron chi connectivity index (χ2n) is 2.37. The zero-order valence-corrected chi connectivity index (χ0v) is 10.1. The first-order chi connectivity index (χ1) is 5.54. The van der Waals surface area contributed by atoms with E-state index in [9.17, 15) is 0 Å². The standard InChI is InChI=1S/C8H6BrCl3/c1-4(9)7-5(10)2-3-6(11)8(7)12/h2-4H,1H3. The molecule has 12 heavy (non-hydrogen) atoms. The minimum atomic E-state index is 0.108. The van der Waals surface area contributed by atoms with Crippen LogP contribution in [0.5, 0.6) is 0 Å². The molecule has 0 heterocycles. The highest BCUT2D eigenvalue weighted by molar-refractivity contribution is 9.09. The van der Waals surface area contributed by atoms with E-state index in [0.717, 1.165) is 5.56 Å². The molecule has 0 saturated carbocycles. The van der Waals surface area contributed by atoms with Crippen LogP contribution in [0.1, 0.15) is 17.3 Å². The first-order valence-electron chi connectivity index (χ1n) is 3.31. The van der Waals surface area contributed by atoms with Crippen LogP contribution in [0, 0.1) is 0 Å². The van der Waals surface area contributed by atoms with Gasteiger partial charge in [0, 0.05) is 15.4 Å². The molecule has 0 amide bonds. The fourth-order valence-electron chi connectivity index (χ4n) is 0.907. The van der Waals surface area contributed by atoms with Crippen molar-refractivity contribution in [3.63, 3.8) is 0 Å². The van der Waals surface area contributed by atoms with Crippen molar-refractivity contribution < 1.29 is 0 Å². The summed E-state index contributed by atoms with van der Waals surface area (Å²) in [5.74, 6) is 0. The summed E-state index contributed by atoms with van der Waals surface area (Å²) in [6.07, 6.45) is 0. The number of alkyl halides is 1. The predicted octanol–water partition coefficient (Wildman–Crippen LogP) is 5.10. The molecule has 0 aliphatic heterocycles. The van der Waals surface area contributed by atoms with E-state index in [-0.39, 0.29) is 4.83 Å². The largest absolute Gasteiger partial charge is 0.0841 e. The van der Waals surface area contributed by atoms with Crippen LogP contribution in [-0.2, 0) is 0 Å². The lowest BCUT2D eigenvalue weighted by atomic mass is 10.2. The van der Waals surface area contributed by atoms with Gasteiger partial charge in [-0.25, -0.2) is 0 Å². The molecule has 1 rings (SSSR count). The lowest BCUT2D eigenvalue weighted by Gasteiger charge is -2.09. The lowest BCUT2D eigenvalue weighted by molar-refractivity contribution is 1.12. The molecule has 1 aromatic carbocycles. The molecule has 0 radical (unpaired) electrons. The average Bonchev–Trinajstić information content (AvgIpc) is 1.97. The topological polar surface area (TPSA) is 0 Å². The molecule has 0 N–H and O–H groups in total. The normalized spacial score (nSPS) is 13.1. The van der Waals surface area contributed by atoms with Gasteiger partial charge in [-0.15, -0.1) is 0 Å². The number of hydrogen-bond donors (Lipinski definition) is 0. The van der Waals surface area contributed by atoms with Crippen LogP contribution < -0.4 is 0 Å². The summed E-state index contributed by atoms with van der Waals surface area (Å²) in [5.41, 5.74) is 0.839. The molecule has 0 aliphatic rings. The second kappa shape index (κ2) is 4.19. The fourth-order valence-corrected chi connectivity index (χ4v) is 2.51. The van der Waals surface area contributed by atoms with Gasteiger partial charge in [-0.1, -0.05) is 50.7 Å². The number of benzene rings is 1. The predicted molar refractivity (Wildman–Crippen MR) is 58.8 cm³/mol. The van der Waals surface area contributed by atoms with Crippen LogP contribution in [0.25, 0.3) is 0 Å². The molecule has 4 heteroatoms. The van der Waals surface area contributed by atoms with E-state index in [1.165, 1.54) is 0 Å². The minimum Gasteiger partial charge on any atom is -0.0841 e. The van der Waals surface area contributed by atoms with Gasteiger partial charge in [0.15, 0.2) is 0 Å². The Bertz CT molecular complexity index is 297. The van der Waals surface area contributed by atoms with Crippen LogP contribution in [0.15, 0.2) is 12.1 Å². The van der Waals surface area contributed by atoms with Crippen LogP contribution in [-0.4, -0.2) is 0 Å². The van der Waals surface area contributed by atoms with E-state index in [1.807, 2.05) is 6.92 Å². The molecule has 1 unspecified atom stereocenters. The van der Waals surface area contributed by atoms with Crippen molar-refractivity contribution in [2.24, 2.45) is 0 Å². The fraction of sp³-hybridized carbons (Fsp3) is 0.250. The molecule has 1 atom stereocenters. The van der Waals surface area contributed by atoms with Gasteiger partial charge in [0.25, 0.3) is 0 Å². The van der Waals surface area contributed by atoms with Crippen molar-refractivity contribution in [3.8, 4) is 0 Å². The van der Waals surface area contributed by atoms with Gasteiger partial charge in [0.05, 0.1) is 10.0 Å². The summed E-state index contributed by atoms with van der Waals surface area (Å²) >= 11 is 21.1. The third-order valence-electron chi connectivity index (χ3n) is 1.48. The molecule has 0 fully saturated rings. The van der Waals surface area contributed by atoms with E-state index in [4.69, 9.17) is 34.8 Å². The van der Waals surface area contributed by atoms with Crippen LogP contribution >= 0.6 is 50.7 Å². The van der Waals surface area contributed by atoms with Gasteiger partial charge < -0.3 is 0 Å². The molecule has 0 aliphatic carbocycles. The summed E-state index contributed by atoms with van der Waals surface area (Å²) in [6, 6.07) is 3.42. The van der Waals surface area contributed by atoms with Crippen LogP contribution in [0.4, 0.5) is 0 Å². The number of hydrogen-bond acceptors (Lipinski definition) is 0. The molecule has 1 aromatic rings. The van der Waals surface area contributed by atoms with E-state index < -0.39 is 0 Å². The SMILES string of the molecule is CC(Br)c1c(Cl)ccc(Cl)c1Cl. The monoisotopic (exact) mass is 286 g/mol. The van der Waals surface area contributed by atoms with Gasteiger partial charge in [0.1, 0.15) is 0 Å². The van der Waals surface area contributed by atoms with E-state index in [0.29, 0.717) is 15.1 Å². The second-order valence-corrected chi connectivity index (χ2v) is 4.94. The maximum absolute atomic E-state index is 5.95. The highest BCUT2D eigenvalue weighted by Crippen LogP contribution is 2.38. The molecule has 0 spiro atoms. The van der Waals surface area contributed by atoms with Crippen molar-refractivity contribution in [1.29, 1.82) is 0 Å². The summed E-state index contributed by atoms with van der Waals surface area (Å²) in [6.45, 7) is 1.95. The van der Waals surface area contributed by atoms with Crippen molar-refractivity contribution in [3.05, 3.63) is 32.8 Å². The summed E-state index contributed by atoms with van der Waals surface area (Å²) in [4.78, 5) is 0.108. The van der Waals surface area contributed by atoms with Crippen LogP contribution in [0.3, 0.4) is 0 Å². The quantitative estimate of drug-likeness (QED) is 0.498. The first-order valence-corrected chi connectivity index (χ1v) is 5.36. The molecule has 0 nitrogen and oxygen atoms in total. The van der Waals surface area contributed by atoms with Crippen molar-refractivity contribution in [1.82, 2.24) is 0 Å². The average molecular weight is 288 g/mol. The smallest absolute Gasteiger partial charge is 0.0650 e. The first kappa shape index (κ1) is 10.6. The number of halogens is 4. The molecule has 66 valence electrons. The van der Waals surface area contributed by atoms with Gasteiger partial charge in [-0.2, -0.15) is 0 Å². The van der Waals surface area contributed by atoms with E-state index in [1.54, 1.807) is 12.1 Å². The minimum absolute atomic E-state index is 0.108. The summed E-state index contributed by atoms with van der Waals surface area (Å²) < 4.78 is 0. The zero-order chi connectivity index (χ0) is 9.30. The Balaban J connectivity index is 3.33.